The molecule has 2 fully saturated rings. The molecule has 3 aliphatic rings. The predicted octanol–water partition coefficient (Wildman–Crippen LogP) is 3.66. The summed E-state index contributed by atoms with van der Waals surface area (Å²) in [6.45, 7) is 0. The highest BCUT2D eigenvalue weighted by atomic mass is 19.1. The Bertz CT molecular complexity index is 1380. The second-order valence-electron chi connectivity index (χ2n) is 8.50. The highest BCUT2D eigenvalue weighted by Crippen LogP contribution is 2.57. The van der Waals surface area contributed by atoms with Gasteiger partial charge in [0.2, 0.25) is 29.0 Å². The Kier molecular flexibility index (Phi) is 4.22. The zero-order valence-electron chi connectivity index (χ0n) is 17.4. The van der Waals surface area contributed by atoms with Crippen molar-refractivity contribution in [2.75, 3.05) is 4.90 Å². The second kappa shape index (κ2) is 6.98. The van der Waals surface area contributed by atoms with Gasteiger partial charge in [0.25, 0.3) is 0 Å². The van der Waals surface area contributed by atoms with E-state index in [1.54, 1.807) is 12.1 Å². The van der Waals surface area contributed by atoms with Crippen LogP contribution in [0.5, 0.6) is 0 Å². The zero-order chi connectivity index (χ0) is 23.8. The number of ketones is 2. The maximum atomic E-state index is 14.6. The summed E-state index contributed by atoms with van der Waals surface area (Å²) in [7, 11) is 0. The first-order chi connectivity index (χ1) is 16.4. The first-order valence-electron chi connectivity index (χ1n) is 10.6. The van der Waals surface area contributed by atoms with Gasteiger partial charge >= 0.3 is 0 Å². The Labute approximate surface area is 191 Å². The van der Waals surface area contributed by atoms with Crippen molar-refractivity contribution >= 4 is 29.1 Å². The number of carbonyl (C=O) groups is 4. The number of ether oxygens (including phenoxy) is 1. The normalized spacial score (nSPS) is 24.8. The molecule has 0 saturated carbocycles. The van der Waals surface area contributed by atoms with E-state index in [4.69, 9.17) is 4.74 Å². The van der Waals surface area contributed by atoms with Crippen LogP contribution >= 0.6 is 0 Å². The fourth-order valence-electron chi connectivity index (χ4n) is 5.34. The van der Waals surface area contributed by atoms with Crippen molar-refractivity contribution in [3.8, 4) is 0 Å². The predicted molar refractivity (Wildman–Crippen MR) is 114 cm³/mol. The van der Waals surface area contributed by atoms with Crippen LogP contribution in [-0.2, 0) is 14.3 Å². The Morgan fingerprint density at radius 2 is 1.32 bits per heavy atom. The lowest BCUT2D eigenvalue weighted by Gasteiger charge is -2.27. The van der Waals surface area contributed by atoms with Gasteiger partial charge in [-0.05, 0) is 29.8 Å². The highest BCUT2D eigenvalue weighted by molar-refractivity contribution is 6.37. The SMILES string of the molecule is O=C1[C@H]2[C@H](c3ccc(F)cc3)OC3(C(=O)c4ccccc4C3=O)[C@H]2C(=O)N1c1ccccc1F. The van der Waals surface area contributed by atoms with E-state index in [1.165, 1.54) is 42.5 Å². The molecule has 6 rings (SSSR count). The minimum atomic E-state index is -2.26. The largest absolute Gasteiger partial charge is 0.349 e. The van der Waals surface area contributed by atoms with Gasteiger partial charge in [0.15, 0.2) is 0 Å². The molecule has 3 aromatic carbocycles. The molecule has 0 aromatic heterocycles. The van der Waals surface area contributed by atoms with Gasteiger partial charge < -0.3 is 4.74 Å². The summed E-state index contributed by atoms with van der Waals surface area (Å²) >= 11 is 0. The Hall–Kier alpha value is -4.04. The molecule has 3 aromatic rings. The van der Waals surface area contributed by atoms with Crippen LogP contribution in [-0.4, -0.2) is 29.0 Å². The van der Waals surface area contributed by atoms with E-state index in [0.717, 1.165) is 18.2 Å². The van der Waals surface area contributed by atoms with Crippen molar-refractivity contribution in [1.29, 1.82) is 0 Å². The maximum absolute atomic E-state index is 14.6. The van der Waals surface area contributed by atoms with Crippen LogP contribution in [0.3, 0.4) is 0 Å². The number of halogens is 2. The number of Topliss-reactive ketones (excluding diaryl/α,β-unsaturated/α-hetero) is 2. The molecule has 2 heterocycles. The molecule has 0 N–H and O–H groups in total. The number of fused-ring (bicyclic) bond motifs is 3. The van der Waals surface area contributed by atoms with Gasteiger partial charge in [-0.3, -0.25) is 19.2 Å². The van der Waals surface area contributed by atoms with Gasteiger partial charge in [-0.1, -0.05) is 48.5 Å². The van der Waals surface area contributed by atoms with E-state index >= 15 is 0 Å². The summed E-state index contributed by atoms with van der Waals surface area (Å²) in [5, 5.41) is 0. The standard InChI is InChI=1S/C26H15F2NO5/c27-14-11-9-13(10-12-14)21-19-20(25(33)29(24(19)32)18-8-4-3-7-17(18)28)26(34-21)22(30)15-5-1-2-6-16(15)23(26)31/h1-12,19-21H/t19-,20-,21+/m1/s1. The van der Waals surface area contributed by atoms with Crippen LogP contribution in [0, 0.1) is 23.5 Å². The first kappa shape index (κ1) is 20.6. The molecule has 1 spiro atoms. The van der Waals surface area contributed by atoms with Gasteiger partial charge in [0, 0.05) is 11.1 Å². The molecule has 2 aliphatic heterocycles. The van der Waals surface area contributed by atoms with Crippen LogP contribution in [0.15, 0.2) is 72.8 Å². The molecule has 2 amide bonds. The number of rotatable bonds is 2. The van der Waals surface area contributed by atoms with E-state index in [1.807, 2.05) is 0 Å². The number of imide groups is 1. The Morgan fingerprint density at radius 1 is 0.735 bits per heavy atom. The fourth-order valence-corrected chi connectivity index (χ4v) is 5.34. The highest BCUT2D eigenvalue weighted by Gasteiger charge is 2.74. The summed E-state index contributed by atoms with van der Waals surface area (Å²) in [4.78, 5) is 55.2. The van der Waals surface area contributed by atoms with Crippen LogP contribution < -0.4 is 4.90 Å². The number of carbonyl (C=O) groups excluding carboxylic acids is 4. The van der Waals surface area contributed by atoms with Crippen molar-refractivity contribution < 1.29 is 32.7 Å². The first-order valence-corrected chi connectivity index (χ1v) is 10.6. The molecule has 0 radical (unpaired) electrons. The summed E-state index contributed by atoms with van der Waals surface area (Å²) in [6, 6.07) is 16.4. The molecule has 0 bridgehead atoms. The summed E-state index contributed by atoms with van der Waals surface area (Å²) in [6.07, 6.45) is -1.19. The van der Waals surface area contributed by atoms with Gasteiger partial charge in [0.05, 0.1) is 23.6 Å². The van der Waals surface area contributed by atoms with E-state index < -0.39 is 58.6 Å². The summed E-state index contributed by atoms with van der Waals surface area (Å²) < 4.78 is 34.3. The molecule has 8 heteroatoms. The van der Waals surface area contributed by atoms with Gasteiger partial charge in [-0.25, -0.2) is 13.7 Å². The molecule has 6 nitrogen and oxygen atoms in total. The van der Waals surface area contributed by atoms with Gasteiger partial charge in [-0.15, -0.1) is 0 Å². The van der Waals surface area contributed by atoms with Gasteiger partial charge in [-0.2, -0.15) is 0 Å². The lowest BCUT2D eigenvalue weighted by atomic mass is 9.77. The minimum Gasteiger partial charge on any atom is -0.349 e. The number of anilines is 1. The lowest BCUT2D eigenvalue weighted by molar-refractivity contribution is -0.127. The monoisotopic (exact) mass is 459 g/mol. The number of benzene rings is 3. The zero-order valence-corrected chi connectivity index (χ0v) is 17.4. The van der Waals surface area contributed by atoms with Crippen LogP contribution in [0.4, 0.5) is 14.5 Å². The average Bonchev–Trinajstić information content (AvgIpc) is 3.40. The van der Waals surface area contributed by atoms with Crippen molar-refractivity contribution in [3.05, 3.63) is 101 Å². The molecule has 3 atom stereocenters. The number of amides is 2. The third-order valence-electron chi connectivity index (χ3n) is 6.81. The maximum Gasteiger partial charge on any atom is 0.241 e. The molecule has 168 valence electrons. The van der Waals surface area contributed by atoms with Crippen LogP contribution in [0.2, 0.25) is 0 Å². The minimum absolute atomic E-state index is 0.0931. The Balaban J connectivity index is 1.56. The van der Waals surface area contributed by atoms with Crippen LogP contribution in [0.1, 0.15) is 32.4 Å². The third kappa shape index (κ3) is 2.46. The molecule has 1 aliphatic carbocycles. The smallest absolute Gasteiger partial charge is 0.241 e. The van der Waals surface area contributed by atoms with E-state index in [9.17, 15) is 28.0 Å². The van der Waals surface area contributed by atoms with E-state index in [0.29, 0.717) is 10.5 Å². The number of hydrogen-bond donors (Lipinski definition) is 0. The van der Waals surface area contributed by atoms with Crippen molar-refractivity contribution in [2.24, 2.45) is 11.8 Å². The van der Waals surface area contributed by atoms with Crippen molar-refractivity contribution in [3.63, 3.8) is 0 Å². The van der Waals surface area contributed by atoms with Crippen molar-refractivity contribution in [1.82, 2.24) is 0 Å². The second-order valence-corrected chi connectivity index (χ2v) is 8.50. The third-order valence-corrected chi connectivity index (χ3v) is 6.81. The topological polar surface area (TPSA) is 80.8 Å². The summed E-state index contributed by atoms with van der Waals surface area (Å²) in [5.41, 5.74) is -2.02. The summed E-state index contributed by atoms with van der Waals surface area (Å²) in [5.74, 6) is -7.22. The Morgan fingerprint density at radius 3 is 1.94 bits per heavy atom. The number of para-hydroxylation sites is 1. The quantitative estimate of drug-likeness (QED) is 0.432. The molecule has 0 unspecified atom stereocenters. The van der Waals surface area contributed by atoms with Gasteiger partial charge in [0.1, 0.15) is 11.6 Å². The molecular weight excluding hydrogens is 444 g/mol. The fraction of sp³-hybridized carbons (Fsp3) is 0.154. The molecule has 2 saturated heterocycles. The van der Waals surface area contributed by atoms with E-state index in [2.05, 4.69) is 0 Å². The average molecular weight is 459 g/mol. The molecular formula is C26H15F2NO5. The number of hydrogen-bond acceptors (Lipinski definition) is 5. The van der Waals surface area contributed by atoms with Crippen molar-refractivity contribution in [2.45, 2.75) is 11.7 Å². The molecule has 34 heavy (non-hydrogen) atoms. The lowest BCUT2D eigenvalue weighted by Crippen LogP contribution is -2.51. The van der Waals surface area contributed by atoms with Crippen LogP contribution in [0.25, 0.3) is 0 Å². The number of nitrogens with zero attached hydrogens (tertiary/aromatic N) is 1. The van der Waals surface area contributed by atoms with E-state index in [-0.39, 0.29) is 16.8 Å².